The van der Waals surface area contributed by atoms with Crippen LogP contribution in [0.25, 0.3) is 17.1 Å². The predicted molar refractivity (Wildman–Crippen MR) is 114 cm³/mol. The van der Waals surface area contributed by atoms with E-state index in [1.165, 1.54) is 6.08 Å². The van der Waals surface area contributed by atoms with E-state index in [2.05, 4.69) is 15.3 Å². The Morgan fingerprint density at radius 2 is 1.79 bits per heavy atom. The number of hydrogen-bond donors (Lipinski definition) is 1. The lowest BCUT2D eigenvalue weighted by Gasteiger charge is -2.12. The molecule has 1 heterocycles. The first-order valence-electron chi connectivity index (χ1n) is 9.75. The zero-order chi connectivity index (χ0) is 20.5. The highest BCUT2D eigenvalue weighted by Gasteiger charge is 2.06. The molecule has 0 radical (unpaired) electrons. The summed E-state index contributed by atoms with van der Waals surface area (Å²) in [7, 11) is 0. The van der Waals surface area contributed by atoms with Gasteiger partial charge in [-0.2, -0.15) is 0 Å². The lowest BCUT2D eigenvalue weighted by molar-refractivity contribution is -0.116. The molecule has 0 atom stereocenters. The highest BCUT2D eigenvalue weighted by atomic mass is 16.5. The molecule has 2 aromatic carbocycles. The number of ether oxygens (including phenoxy) is 2. The second-order valence-corrected chi connectivity index (χ2v) is 6.31. The van der Waals surface area contributed by atoms with E-state index in [1.54, 1.807) is 12.3 Å². The average molecular weight is 391 g/mol. The van der Waals surface area contributed by atoms with Crippen LogP contribution < -0.4 is 14.8 Å². The van der Waals surface area contributed by atoms with Gasteiger partial charge in [0.05, 0.1) is 36.1 Å². The Bertz CT molecular complexity index is 1000. The third-order valence-corrected chi connectivity index (χ3v) is 4.19. The van der Waals surface area contributed by atoms with Gasteiger partial charge >= 0.3 is 0 Å². The first kappa shape index (κ1) is 20.3. The fraction of sp³-hybridized carbons (Fsp3) is 0.261. The summed E-state index contributed by atoms with van der Waals surface area (Å²) in [5.41, 5.74) is 3.35. The van der Waals surface area contributed by atoms with Crippen molar-refractivity contribution in [3.05, 3.63) is 66.0 Å². The predicted octanol–water partition coefficient (Wildman–Crippen LogP) is 3.80. The molecule has 0 saturated heterocycles. The maximum Gasteiger partial charge on any atom is 0.244 e. The maximum absolute atomic E-state index is 12.1. The van der Waals surface area contributed by atoms with Crippen LogP contribution in [-0.4, -0.2) is 35.6 Å². The van der Waals surface area contributed by atoms with Crippen LogP contribution in [0.3, 0.4) is 0 Å². The van der Waals surface area contributed by atoms with Gasteiger partial charge in [0.15, 0.2) is 11.5 Å². The van der Waals surface area contributed by atoms with E-state index in [4.69, 9.17) is 9.47 Å². The molecular weight excluding hydrogens is 366 g/mol. The number of carbonyl (C=O) groups is 1. The number of benzene rings is 2. The van der Waals surface area contributed by atoms with E-state index in [-0.39, 0.29) is 5.91 Å². The highest BCUT2D eigenvalue weighted by molar-refractivity contribution is 5.91. The van der Waals surface area contributed by atoms with Crippen molar-refractivity contribution in [2.24, 2.45) is 0 Å². The topological polar surface area (TPSA) is 73.3 Å². The SMILES string of the molecule is CCOc1ccc(CCNC(=O)/C=C/c2cnc3ccccc3n2)cc1OCC. The normalized spacial score (nSPS) is 11.0. The molecule has 0 aliphatic carbocycles. The molecule has 3 rings (SSSR count). The molecule has 0 aliphatic rings. The number of aromatic nitrogens is 2. The summed E-state index contributed by atoms with van der Waals surface area (Å²) in [4.78, 5) is 20.9. The molecule has 0 unspecified atom stereocenters. The smallest absolute Gasteiger partial charge is 0.244 e. The number of rotatable bonds is 9. The Labute approximate surface area is 170 Å². The van der Waals surface area contributed by atoms with Crippen molar-refractivity contribution < 1.29 is 14.3 Å². The van der Waals surface area contributed by atoms with Gasteiger partial charge in [0, 0.05) is 12.6 Å². The summed E-state index contributed by atoms with van der Waals surface area (Å²) in [6, 6.07) is 13.5. The van der Waals surface area contributed by atoms with Gasteiger partial charge in [0.2, 0.25) is 5.91 Å². The van der Waals surface area contributed by atoms with Crippen molar-refractivity contribution in [3.63, 3.8) is 0 Å². The Morgan fingerprint density at radius 1 is 1.03 bits per heavy atom. The highest BCUT2D eigenvalue weighted by Crippen LogP contribution is 2.28. The Balaban J connectivity index is 1.53. The first-order chi connectivity index (χ1) is 14.2. The molecule has 6 nitrogen and oxygen atoms in total. The quantitative estimate of drug-likeness (QED) is 0.562. The van der Waals surface area contributed by atoms with Gasteiger partial charge in [-0.1, -0.05) is 18.2 Å². The molecule has 0 bridgehead atoms. The monoisotopic (exact) mass is 391 g/mol. The van der Waals surface area contributed by atoms with Gasteiger partial charge in [0.1, 0.15) is 0 Å². The Kier molecular flexibility index (Phi) is 7.16. The number of amides is 1. The van der Waals surface area contributed by atoms with Crippen LogP contribution in [0.2, 0.25) is 0 Å². The van der Waals surface area contributed by atoms with Crippen LogP contribution in [0.5, 0.6) is 11.5 Å². The van der Waals surface area contributed by atoms with Crippen LogP contribution >= 0.6 is 0 Å². The lowest BCUT2D eigenvalue weighted by Crippen LogP contribution is -2.23. The van der Waals surface area contributed by atoms with Gasteiger partial charge in [0.25, 0.3) is 0 Å². The summed E-state index contributed by atoms with van der Waals surface area (Å²) in [6.45, 7) is 5.56. The number of nitrogens with zero attached hydrogens (tertiary/aromatic N) is 2. The second-order valence-electron chi connectivity index (χ2n) is 6.31. The Morgan fingerprint density at radius 3 is 2.59 bits per heavy atom. The van der Waals surface area contributed by atoms with Crippen molar-refractivity contribution in [2.45, 2.75) is 20.3 Å². The van der Waals surface area contributed by atoms with Gasteiger partial charge in [-0.3, -0.25) is 9.78 Å². The molecule has 150 valence electrons. The molecule has 3 aromatic rings. The van der Waals surface area contributed by atoms with Crippen LogP contribution in [0.15, 0.2) is 54.7 Å². The zero-order valence-electron chi connectivity index (χ0n) is 16.7. The van der Waals surface area contributed by atoms with E-state index in [0.29, 0.717) is 31.9 Å². The summed E-state index contributed by atoms with van der Waals surface area (Å²) < 4.78 is 11.2. The second kappa shape index (κ2) is 10.2. The third-order valence-electron chi connectivity index (χ3n) is 4.19. The van der Waals surface area contributed by atoms with Gasteiger partial charge in [-0.15, -0.1) is 0 Å². The number of para-hydroxylation sites is 2. The van der Waals surface area contributed by atoms with E-state index < -0.39 is 0 Å². The van der Waals surface area contributed by atoms with E-state index >= 15 is 0 Å². The number of nitrogens with one attached hydrogen (secondary N) is 1. The molecule has 0 saturated carbocycles. The molecular formula is C23H25N3O3. The minimum atomic E-state index is -0.170. The van der Waals surface area contributed by atoms with Crippen molar-refractivity contribution in [1.29, 1.82) is 0 Å². The van der Waals surface area contributed by atoms with Crippen LogP contribution in [0, 0.1) is 0 Å². The molecule has 0 fully saturated rings. The van der Waals surface area contributed by atoms with E-state index in [9.17, 15) is 4.79 Å². The average Bonchev–Trinajstić information content (AvgIpc) is 2.74. The van der Waals surface area contributed by atoms with Crippen molar-refractivity contribution >= 4 is 23.0 Å². The Hall–Kier alpha value is -3.41. The minimum absolute atomic E-state index is 0.170. The summed E-state index contributed by atoms with van der Waals surface area (Å²) in [5.74, 6) is 1.30. The summed E-state index contributed by atoms with van der Waals surface area (Å²) >= 11 is 0. The van der Waals surface area contributed by atoms with Crippen molar-refractivity contribution in [2.75, 3.05) is 19.8 Å². The molecule has 6 heteroatoms. The summed E-state index contributed by atoms with van der Waals surface area (Å²) in [6.07, 6.45) is 5.49. The molecule has 1 aromatic heterocycles. The third kappa shape index (κ3) is 5.78. The van der Waals surface area contributed by atoms with E-state index in [0.717, 1.165) is 28.1 Å². The first-order valence-corrected chi connectivity index (χ1v) is 9.75. The molecule has 29 heavy (non-hydrogen) atoms. The molecule has 1 N–H and O–H groups in total. The minimum Gasteiger partial charge on any atom is -0.490 e. The number of carbonyl (C=O) groups excluding carboxylic acids is 1. The van der Waals surface area contributed by atoms with Crippen LogP contribution in [0.1, 0.15) is 25.1 Å². The lowest BCUT2D eigenvalue weighted by atomic mass is 10.1. The van der Waals surface area contributed by atoms with Crippen LogP contribution in [0.4, 0.5) is 0 Å². The van der Waals surface area contributed by atoms with E-state index in [1.807, 2.05) is 56.3 Å². The molecule has 1 amide bonds. The van der Waals surface area contributed by atoms with Crippen LogP contribution in [-0.2, 0) is 11.2 Å². The number of hydrogen-bond acceptors (Lipinski definition) is 5. The van der Waals surface area contributed by atoms with Crippen molar-refractivity contribution in [3.8, 4) is 11.5 Å². The fourth-order valence-corrected chi connectivity index (χ4v) is 2.85. The zero-order valence-corrected chi connectivity index (χ0v) is 16.7. The molecule has 0 aliphatic heterocycles. The standard InChI is InChI=1S/C23H25N3O3/c1-3-28-21-11-9-17(15-22(21)29-4-2)13-14-24-23(27)12-10-18-16-25-19-7-5-6-8-20(19)26-18/h5-12,15-16H,3-4,13-14H2,1-2H3,(H,24,27)/b12-10+. The van der Waals surface area contributed by atoms with Crippen molar-refractivity contribution in [1.82, 2.24) is 15.3 Å². The molecule has 0 spiro atoms. The maximum atomic E-state index is 12.1. The fourth-order valence-electron chi connectivity index (χ4n) is 2.85. The van der Waals surface area contributed by atoms with Gasteiger partial charge in [-0.05, 0) is 56.2 Å². The van der Waals surface area contributed by atoms with Gasteiger partial charge < -0.3 is 14.8 Å². The number of fused-ring (bicyclic) bond motifs is 1. The van der Waals surface area contributed by atoms with Gasteiger partial charge in [-0.25, -0.2) is 4.98 Å². The summed E-state index contributed by atoms with van der Waals surface area (Å²) in [5, 5.41) is 2.88. The largest absolute Gasteiger partial charge is 0.490 e.